The lowest BCUT2D eigenvalue weighted by Gasteiger charge is -2.04. The second-order valence-corrected chi connectivity index (χ2v) is 5.89. The highest BCUT2D eigenvalue weighted by Crippen LogP contribution is 2.11. The van der Waals surface area contributed by atoms with E-state index >= 15 is 0 Å². The van der Waals surface area contributed by atoms with Crippen LogP contribution in [0.15, 0.2) is 60.8 Å². The number of aryl methyl sites for hydroxylation is 2. The Morgan fingerprint density at radius 1 is 1.00 bits per heavy atom. The zero-order valence-corrected chi connectivity index (χ0v) is 14.0. The molecule has 1 heterocycles. The average molecular weight is 319 g/mol. The predicted molar refractivity (Wildman–Crippen MR) is 96.3 cm³/mol. The van der Waals surface area contributed by atoms with Crippen molar-refractivity contribution in [1.29, 1.82) is 0 Å². The van der Waals surface area contributed by atoms with Gasteiger partial charge in [0.25, 0.3) is 5.91 Å². The summed E-state index contributed by atoms with van der Waals surface area (Å²) in [6.07, 6.45) is 2.83. The molecule has 1 aromatic heterocycles. The van der Waals surface area contributed by atoms with Gasteiger partial charge in [-0.1, -0.05) is 48.9 Å². The number of hydrogen-bond acceptors (Lipinski definition) is 2. The summed E-state index contributed by atoms with van der Waals surface area (Å²) in [5.74, 6) is 0.421. The summed E-state index contributed by atoms with van der Waals surface area (Å²) in [4.78, 5) is 12.3. The fourth-order valence-electron chi connectivity index (χ4n) is 2.48. The van der Waals surface area contributed by atoms with Crippen LogP contribution in [-0.2, 0) is 13.0 Å². The van der Waals surface area contributed by atoms with Crippen molar-refractivity contribution in [3.8, 4) is 0 Å². The van der Waals surface area contributed by atoms with Gasteiger partial charge in [0.2, 0.25) is 0 Å². The number of benzene rings is 2. The van der Waals surface area contributed by atoms with Gasteiger partial charge in [-0.05, 0) is 36.6 Å². The second kappa shape index (κ2) is 7.13. The minimum absolute atomic E-state index is 0.141. The van der Waals surface area contributed by atoms with E-state index in [0.717, 1.165) is 6.42 Å². The summed E-state index contributed by atoms with van der Waals surface area (Å²) in [5, 5.41) is 7.25. The van der Waals surface area contributed by atoms with Crippen molar-refractivity contribution in [3.63, 3.8) is 0 Å². The van der Waals surface area contributed by atoms with Gasteiger partial charge < -0.3 is 5.32 Å². The first-order valence-electron chi connectivity index (χ1n) is 8.13. The molecule has 0 spiro atoms. The van der Waals surface area contributed by atoms with Crippen LogP contribution in [0.3, 0.4) is 0 Å². The van der Waals surface area contributed by atoms with Crippen LogP contribution in [0.4, 0.5) is 5.82 Å². The lowest BCUT2D eigenvalue weighted by Crippen LogP contribution is -2.12. The molecule has 0 atom stereocenters. The summed E-state index contributed by atoms with van der Waals surface area (Å²) in [6, 6.07) is 17.8. The first-order chi connectivity index (χ1) is 11.6. The molecule has 3 rings (SSSR count). The van der Waals surface area contributed by atoms with Gasteiger partial charge in [0, 0.05) is 17.8 Å². The molecule has 0 saturated carbocycles. The number of anilines is 1. The summed E-state index contributed by atoms with van der Waals surface area (Å²) in [5.41, 5.74) is 4.27. The zero-order chi connectivity index (χ0) is 16.9. The molecule has 1 amide bonds. The maximum absolute atomic E-state index is 12.3. The largest absolute Gasteiger partial charge is 0.305 e. The lowest BCUT2D eigenvalue weighted by atomic mass is 10.1. The number of amides is 1. The highest BCUT2D eigenvalue weighted by molar-refractivity contribution is 6.03. The molecule has 0 fully saturated rings. The molecule has 0 aliphatic carbocycles. The number of nitrogens with one attached hydrogen (secondary N) is 1. The fourth-order valence-corrected chi connectivity index (χ4v) is 2.48. The van der Waals surface area contributed by atoms with Crippen LogP contribution in [-0.4, -0.2) is 15.7 Å². The lowest BCUT2D eigenvalue weighted by molar-refractivity contribution is 0.102. The molecule has 4 nitrogen and oxygen atoms in total. The van der Waals surface area contributed by atoms with Crippen molar-refractivity contribution in [3.05, 3.63) is 83.0 Å². The zero-order valence-electron chi connectivity index (χ0n) is 14.0. The topological polar surface area (TPSA) is 46.9 Å². The van der Waals surface area contributed by atoms with Crippen LogP contribution in [0, 0.1) is 6.92 Å². The Hall–Kier alpha value is -2.88. The van der Waals surface area contributed by atoms with Crippen LogP contribution in [0.5, 0.6) is 0 Å². The van der Waals surface area contributed by atoms with Crippen molar-refractivity contribution < 1.29 is 4.79 Å². The van der Waals surface area contributed by atoms with Crippen molar-refractivity contribution in [2.75, 3.05) is 5.32 Å². The van der Waals surface area contributed by atoms with Crippen LogP contribution in [0.25, 0.3) is 0 Å². The van der Waals surface area contributed by atoms with Gasteiger partial charge in [-0.2, -0.15) is 5.10 Å². The van der Waals surface area contributed by atoms with Gasteiger partial charge in [-0.15, -0.1) is 0 Å². The molecule has 0 aliphatic rings. The van der Waals surface area contributed by atoms with Gasteiger partial charge in [-0.25, -0.2) is 0 Å². The van der Waals surface area contributed by atoms with Gasteiger partial charge >= 0.3 is 0 Å². The average Bonchev–Trinajstić information content (AvgIpc) is 3.04. The van der Waals surface area contributed by atoms with Crippen LogP contribution in [0.2, 0.25) is 0 Å². The maximum atomic E-state index is 12.3. The first kappa shape index (κ1) is 16.0. The van der Waals surface area contributed by atoms with Crippen molar-refractivity contribution in [2.45, 2.75) is 26.8 Å². The van der Waals surface area contributed by atoms with Crippen molar-refractivity contribution in [1.82, 2.24) is 9.78 Å². The Balaban J connectivity index is 1.64. The molecule has 0 unspecified atom stereocenters. The molecule has 122 valence electrons. The summed E-state index contributed by atoms with van der Waals surface area (Å²) in [6.45, 7) is 4.84. The monoisotopic (exact) mass is 319 g/mol. The van der Waals surface area contributed by atoms with Gasteiger partial charge in [0.1, 0.15) is 0 Å². The van der Waals surface area contributed by atoms with Crippen LogP contribution in [0.1, 0.15) is 34.0 Å². The third kappa shape index (κ3) is 3.90. The number of carbonyl (C=O) groups is 1. The summed E-state index contributed by atoms with van der Waals surface area (Å²) in [7, 11) is 0. The number of rotatable bonds is 5. The van der Waals surface area contributed by atoms with Gasteiger partial charge in [-0.3, -0.25) is 9.48 Å². The van der Waals surface area contributed by atoms with E-state index in [1.54, 1.807) is 0 Å². The van der Waals surface area contributed by atoms with E-state index in [-0.39, 0.29) is 5.91 Å². The molecule has 0 saturated heterocycles. The molecule has 0 radical (unpaired) electrons. The maximum Gasteiger partial charge on any atom is 0.256 e. The number of aromatic nitrogens is 2. The molecule has 3 aromatic rings. The molecule has 24 heavy (non-hydrogen) atoms. The van der Waals surface area contributed by atoms with Crippen molar-refractivity contribution in [2.24, 2.45) is 0 Å². The van der Waals surface area contributed by atoms with Gasteiger partial charge in [0.15, 0.2) is 5.82 Å². The molecule has 2 aromatic carbocycles. The van der Waals surface area contributed by atoms with E-state index in [1.165, 1.54) is 16.7 Å². The second-order valence-electron chi connectivity index (χ2n) is 5.89. The van der Waals surface area contributed by atoms with Crippen molar-refractivity contribution >= 4 is 11.7 Å². The third-order valence-electron chi connectivity index (χ3n) is 3.97. The predicted octanol–water partition coefficient (Wildman–Crippen LogP) is 4.05. The van der Waals surface area contributed by atoms with E-state index in [1.807, 2.05) is 41.2 Å². The molecular weight excluding hydrogens is 298 g/mol. The normalized spacial score (nSPS) is 10.6. The Kier molecular flexibility index (Phi) is 4.75. The fraction of sp³-hybridized carbons (Fsp3) is 0.200. The minimum Gasteiger partial charge on any atom is -0.305 e. The molecule has 4 heteroatoms. The standard InChI is InChI=1S/C20H21N3O/c1-3-16-8-10-18(11-9-16)20(24)21-19-12-13-23(22-19)14-17-6-4-15(2)5-7-17/h4-13H,3,14H2,1-2H3,(H,21,22,24). The molecular formula is C20H21N3O. The quantitative estimate of drug-likeness (QED) is 0.771. The van der Waals surface area contributed by atoms with E-state index in [2.05, 4.69) is 48.5 Å². The SMILES string of the molecule is CCc1ccc(C(=O)Nc2ccn(Cc3ccc(C)cc3)n2)cc1. The Labute approximate surface area is 142 Å². The Morgan fingerprint density at radius 2 is 1.67 bits per heavy atom. The molecule has 1 N–H and O–H groups in total. The Morgan fingerprint density at radius 3 is 2.33 bits per heavy atom. The molecule has 0 bridgehead atoms. The number of nitrogens with zero attached hydrogens (tertiary/aromatic N) is 2. The number of carbonyl (C=O) groups excluding carboxylic acids is 1. The van der Waals surface area contributed by atoms with Crippen LogP contribution < -0.4 is 5.32 Å². The molecule has 0 aliphatic heterocycles. The first-order valence-corrected chi connectivity index (χ1v) is 8.13. The minimum atomic E-state index is -0.141. The van der Waals surface area contributed by atoms with E-state index < -0.39 is 0 Å². The van der Waals surface area contributed by atoms with E-state index in [0.29, 0.717) is 17.9 Å². The third-order valence-corrected chi connectivity index (χ3v) is 3.97. The summed E-state index contributed by atoms with van der Waals surface area (Å²) >= 11 is 0. The highest BCUT2D eigenvalue weighted by atomic mass is 16.1. The smallest absolute Gasteiger partial charge is 0.256 e. The van der Waals surface area contributed by atoms with Crippen LogP contribution >= 0.6 is 0 Å². The van der Waals surface area contributed by atoms with E-state index in [9.17, 15) is 4.79 Å². The summed E-state index contributed by atoms with van der Waals surface area (Å²) < 4.78 is 1.82. The number of hydrogen-bond donors (Lipinski definition) is 1. The Bertz CT molecular complexity index is 817. The van der Waals surface area contributed by atoms with E-state index in [4.69, 9.17) is 0 Å². The highest BCUT2D eigenvalue weighted by Gasteiger charge is 2.08. The van der Waals surface area contributed by atoms with Gasteiger partial charge in [0.05, 0.1) is 6.54 Å².